The van der Waals surface area contributed by atoms with Crippen LogP contribution in [0, 0.1) is 3.57 Å². The van der Waals surface area contributed by atoms with E-state index in [1.165, 1.54) is 6.92 Å². The summed E-state index contributed by atoms with van der Waals surface area (Å²) in [5.74, 6) is 0. The summed E-state index contributed by atoms with van der Waals surface area (Å²) in [6, 6.07) is 6.99. The van der Waals surface area contributed by atoms with Crippen LogP contribution < -0.4 is 10.5 Å². The summed E-state index contributed by atoms with van der Waals surface area (Å²) in [5.41, 5.74) is 5.81. The molecular formula is C9H11IN2O2S2. The van der Waals surface area contributed by atoms with Crippen molar-refractivity contribution in [1.29, 1.82) is 0 Å². The van der Waals surface area contributed by atoms with Crippen LogP contribution in [0.1, 0.15) is 6.92 Å². The van der Waals surface area contributed by atoms with Gasteiger partial charge in [0.15, 0.2) is 0 Å². The van der Waals surface area contributed by atoms with Gasteiger partial charge in [-0.05, 0) is 53.8 Å². The number of hydrogen-bond donors (Lipinski definition) is 2. The van der Waals surface area contributed by atoms with Crippen LogP contribution in [-0.4, -0.2) is 18.7 Å². The number of hydrogen-bond acceptors (Lipinski definition) is 3. The highest BCUT2D eigenvalue weighted by Crippen LogP contribution is 2.14. The average Bonchev–Trinajstić information content (AvgIpc) is 2.20. The molecule has 0 saturated carbocycles. The molecule has 0 bridgehead atoms. The Labute approximate surface area is 114 Å². The van der Waals surface area contributed by atoms with E-state index in [0.717, 1.165) is 3.57 Å². The van der Waals surface area contributed by atoms with Gasteiger partial charge >= 0.3 is 0 Å². The topological polar surface area (TPSA) is 72.2 Å². The van der Waals surface area contributed by atoms with E-state index < -0.39 is 15.3 Å². The number of halogens is 1. The Kier molecular flexibility index (Phi) is 4.51. The molecule has 1 atom stereocenters. The van der Waals surface area contributed by atoms with Crippen molar-refractivity contribution in [2.45, 2.75) is 12.2 Å². The average molecular weight is 370 g/mol. The molecule has 0 amide bonds. The maximum Gasteiger partial charge on any atom is 0.241 e. The first-order valence-corrected chi connectivity index (χ1v) is 7.43. The van der Waals surface area contributed by atoms with Crippen LogP contribution >= 0.6 is 34.8 Å². The summed E-state index contributed by atoms with van der Waals surface area (Å²) in [5, 5.41) is -0.887. The molecule has 1 rings (SSSR count). The Hall–Kier alpha value is -0.410. The lowest BCUT2D eigenvalue weighted by Gasteiger charge is -2.13. The molecule has 4 nitrogen and oxygen atoms in total. The quantitative estimate of drug-likeness (QED) is 0.625. The Morgan fingerprint density at radius 1 is 1.44 bits per heavy atom. The van der Waals surface area contributed by atoms with Crippen molar-refractivity contribution in [3.63, 3.8) is 0 Å². The lowest BCUT2D eigenvalue weighted by atomic mass is 10.3. The van der Waals surface area contributed by atoms with Crippen molar-refractivity contribution in [1.82, 2.24) is 0 Å². The third-order valence-corrected chi connectivity index (χ3v) is 4.90. The number of sulfonamides is 1. The third kappa shape index (κ3) is 3.56. The Balaban J connectivity index is 2.89. The second kappa shape index (κ2) is 5.28. The fraction of sp³-hybridized carbons (Fsp3) is 0.222. The van der Waals surface area contributed by atoms with Crippen LogP contribution in [0.4, 0.5) is 5.69 Å². The minimum absolute atomic E-state index is 0.0435. The van der Waals surface area contributed by atoms with Gasteiger partial charge in [-0.3, -0.25) is 4.72 Å². The van der Waals surface area contributed by atoms with E-state index in [-0.39, 0.29) is 4.99 Å². The fourth-order valence-corrected chi connectivity index (χ4v) is 2.61. The molecule has 0 aliphatic carbocycles. The maximum atomic E-state index is 11.7. The van der Waals surface area contributed by atoms with Gasteiger partial charge < -0.3 is 5.73 Å². The van der Waals surface area contributed by atoms with Gasteiger partial charge in [0.2, 0.25) is 10.0 Å². The van der Waals surface area contributed by atoms with E-state index in [1.54, 1.807) is 12.1 Å². The molecule has 16 heavy (non-hydrogen) atoms. The Morgan fingerprint density at radius 2 is 1.94 bits per heavy atom. The van der Waals surface area contributed by atoms with E-state index in [4.69, 9.17) is 5.73 Å². The zero-order valence-corrected chi connectivity index (χ0v) is 12.3. The molecule has 1 aromatic carbocycles. The summed E-state index contributed by atoms with van der Waals surface area (Å²) in [4.78, 5) is -0.0435. The highest BCUT2D eigenvalue weighted by Gasteiger charge is 2.22. The van der Waals surface area contributed by atoms with E-state index in [2.05, 4.69) is 39.5 Å². The van der Waals surface area contributed by atoms with Gasteiger partial charge in [-0.25, -0.2) is 8.42 Å². The molecule has 3 N–H and O–H groups in total. The van der Waals surface area contributed by atoms with Gasteiger partial charge in [0.25, 0.3) is 0 Å². The van der Waals surface area contributed by atoms with Gasteiger partial charge in [0, 0.05) is 9.26 Å². The Bertz CT molecular complexity index is 485. The number of nitrogens with one attached hydrogen (secondary N) is 1. The summed E-state index contributed by atoms with van der Waals surface area (Å²) >= 11 is 6.80. The van der Waals surface area contributed by atoms with Crippen molar-refractivity contribution in [2.24, 2.45) is 5.73 Å². The number of nitrogens with two attached hydrogens (primary N) is 1. The molecule has 1 aromatic rings. The second-order valence-electron chi connectivity index (χ2n) is 3.20. The van der Waals surface area contributed by atoms with Gasteiger partial charge in [-0.15, -0.1) is 0 Å². The van der Waals surface area contributed by atoms with Crippen LogP contribution in [0.2, 0.25) is 0 Å². The number of benzene rings is 1. The van der Waals surface area contributed by atoms with Gasteiger partial charge in [-0.1, -0.05) is 12.2 Å². The molecule has 88 valence electrons. The Morgan fingerprint density at radius 3 is 2.38 bits per heavy atom. The second-order valence-corrected chi connectivity index (χ2v) is 6.92. The van der Waals surface area contributed by atoms with E-state index >= 15 is 0 Å². The molecule has 0 spiro atoms. The first-order chi connectivity index (χ1) is 7.33. The molecule has 7 heteroatoms. The SMILES string of the molecule is CC(C(N)=S)S(=O)(=O)Nc1ccc(I)cc1. The maximum absolute atomic E-state index is 11.7. The van der Waals surface area contributed by atoms with Gasteiger partial charge in [0.1, 0.15) is 5.25 Å². The van der Waals surface area contributed by atoms with Crippen molar-refractivity contribution in [3.05, 3.63) is 27.8 Å². The monoisotopic (exact) mass is 370 g/mol. The van der Waals surface area contributed by atoms with Crippen LogP contribution in [-0.2, 0) is 10.0 Å². The molecule has 0 aliphatic heterocycles. The van der Waals surface area contributed by atoms with E-state index in [9.17, 15) is 8.42 Å². The number of thiocarbonyl (C=S) groups is 1. The van der Waals surface area contributed by atoms with Crippen molar-refractivity contribution in [3.8, 4) is 0 Å². The fourth-order valence-electron chi connectivity index (χ4n) is 0.924. The van der Waals surface area contributed by atoms with Crippen molar-refractivity contribution in [2.75, 3.05) is 4.72 Å². The summed E-state index contributed by atoms with van der Waals surface area (Å²) in [6.45, 7) is 1.46. The first kappa shape index (κ1) is 13.7. The van der Waals surface area contributed by atoms with Crippen LogP contribution in [0.5, 0.6) is 0 Å². The zero-order chi connectivity index (χ0) is 12.3. The van der Waals surface area contributed by atoms with Crippen LogP contribution in [0.15, 0.2) is 24.3 Å². The highest BCUT2D eigenvalue weighted by molar-refractivity contribution is 14.1. The molecule has 1 unspecified atom stereocenters. The first-order valence-electron chi connectivity index (χ1n) is 4.39. The highest BCUT2D eigenvalue weighted by atomic mass is 127. The lowest BCUT2D eigenvalue weighted by Crippen LogP contribution is -2.35. The lowest BCUT2D eigenvalue weighted by molar-refractivity contribution is 0.598. The van der Waals surface area contributed by atoms with Crippen LogP contribution in [0.3, 0.4) is 0 Å². The van der Waals surface area contributed by atoms with Crippen molar-refractivity contribution < 1.29 is 8.42 Å². The predicted octanol–water partition coefficient (Wildman–Crippen LogP) is 1.71. The molecular weight excluding hydrogens is 359 g/mol. The van der Waals surface area contributed by atoms with Crippen molar-refractivity contribution >= 4 is 55.5 Å². The minimum Gasteiger partial charge on any atom is -0.392 e. The number of rotatable bonds is 4. The van der Waals surface area contributed by atoms with E-state index in [1.807, 2.05) is 12.1 Å². The molecule has 0 heterocycles. The molecule has 0 aliphatic rings. The summed E-state index contributed by atoms with van der Waals surface area (Å²) in [6.07, 6.45) is 0. The largest absolute Gasteiger partial charge is 0.392 e. The molecule has 0 radical (unpaired) electrons. The van der Waals surface area contributed by atoms with Gasteiger partial charge in [-0.2, -0.15) is 0 Å². The molecule has 0 aromatic heterocycles. The van der Waals surface area contributed by atoms with Crippen LogP contribution in [0.25, 0.3) is 0 Å². The smallest absolute Gasteiger partial charge is 0.241 e. The third-order valence-electron chi connectivity index (χ3n) is 1.97. The predicted molar refractivity (Wildman–Crippen MR) is 77.9 cm³/mol. The standard InChI is InChI=1S/C9H11IN2O2S2/c1-6(9(11)15)16(13,14)12-8-4-2-7(10)3-5-8/h2-6,12H,1H3,(H2,11,15). The number of anilines is 1. The van der Waals surface area contributed by atoms with E-state index in [0.29, 0.717) is 5.69 Å². The van der Waals surface area contributed by atoms with Gasteiger partial charge in [0.05, 0.1) is 4.99 Å². The minimum atomic E-state index is -3.54. The molecule has 0 saturated heterocycles. The molecule has 0 fully saturated rings. The zero-order valence-electron chi connectivity index (χ0n) is 8.48. The normalized spacial score (nSPS) is 13.1. The summed E-state index contributed by atoms with van der Waals surface area (Å²) in [7, 11) is -3.54. The summed E-state index contributed by atoms with van der Waals surface area (Å²) < 4.78 is 27.0.